The molecule has 0 N–H and O–H groups in total. The summed E-state index contributed by atoms with van der Waals surface area (Å²) in [6.45, 7) is 2.17. The average molecular weight is 246 g/mol. The van der Waals surface area contributed by atoms with Crippen LogP contribution in [0.2, 0.25) is 0 Å². The van der Waals surface area contributed by atoms with Crippen molar-refractivity contribution in [2.45, 2.75) is 26.3 Å². The summed E-state index contributed by atoms with van der Waals surface area (Å²) in [7, 11) is 0. The van der Waals surface area contributed by atoms with Gasteiger partial charge in [-0.2, -0.15) is 0 Å². The molecule has 0 aliphatic heterocycles. The van der Waals surface area contributed by atoms with Crippen LogP contribution in [0.25, 0.3) is 10.9 Å². The Morgan fingerprint density at radius 3 is 2.83 bits per heavy atom. The summed E-state index contributed by atoms with van der Waals surface area (Å²) in [4.78, 5) is 21.5. The number of carbonyl (C=O) groups is 1. The third kappa shape index (κ3) is 2.40. The normalized spacial score (nSPS) is 10.7. The van der Waals surface area contributed by atoms with Crippen LogP contribution in [0.5, 0.6) is 0 Å². The minimum absolute atomic E-state index is 0.111. The van der Waals surface area contributed by atoms with E-state index in [9.17, 15) is 14.9 Å². The lowest BCUT2D eigenvalue weighted by Gasteiger charge is -2.04. The molecule has 5 nitrogen and oxygen atoms in total. The lowest BCUT2D eigenvalue weighted by molar-refractivity contribution is -0.383. The Bertz CT molecular complexity index is 601. The van der Waals surface area contributed by atoms with E-state index in [1.807, 2.05) is 22.9 Å². The van der Waals surface area contributed by atoms with Crippen LogP contribution in [0.3, 0.4) is 0 Å². The molecule has 1 aromatic heterocycles. The van der Waals surface area contributed by atoms with E-state index < -0.39 is 0 Å². The number of fused-ring (bicyclic) bond motifs is 1. The fourth-order valence-electron chi connectivity index (χ4n) is 2.07. The van der Waals surface area contributed by atoms with E-state index in [2.05, 4.69) is 0 Å². The van der Waals surface area contributed by atoms with Gasteiger partial charge in [0.25, 0.3) is 5.69 Å². The highest BCUT2D eigenvalue weighted by molar-refractivity contribution is 5.88. The maximum Gasteiger partial charge on any atom is 0.293 e. The number of nitrogens with zero attached hydrogens (tertiary/aromatic N) is 2. The number of para-hydroxylation sites is 1. The number of benzene rings is 1. The van der Waals surface area contributed by atoms with Crippen molar-refractivity contribution < 1.29 is 9.72 Å². The van der Waals surface area contributed by atoms with Crippen molar-refractivity contribution in [1.82, 2.24) is 4.57 Å². The second-order valence-corrected chi connectivity index (χ2v) is 4.29. The van der Waals surface area contributed by atoms with E-state index in [-0.39, 0.29) is 16.4 Å². The molecule has 0 fully saturated rings. The number of non-ortho nitro benzene ring substituents is 1. The van der Waals surface area contributed by atoms with Gasteiger partial charge in [0.15, 0.2) is 0 Å². The van der Waals surface area contributed by atoms with Gasteiger partial charge in [-0.1, -0.05) is 12.1 Å². The molecule has 0 radical (unpaired) electrons. The van der Waals surface area contributed by atoms with Crippen molar-refractivity contribution >= 4 is 22.4 Å². The maximum atomic E-state index is 11.0. The number of nitro groups is 1. The van der Waals surface area contributed by atoms with E-state index >= 15 is 0 Å². The molecule has 0 saturated carbocycles. The van der Waals surface area contributed by atoms with E-state index in [1.54, 1.807) is 13.0 Å². The average Bonchev–Trinajstić information content (AvgIpc) is 2.72. The van der Waals surface area contributed by atoms with Crippen LogP contribution < -0.4 is 0 Å². The SMILES string of the molecule is CC(=O)CCCn1ccc2cccc([N+](=O)[O-])c21. The smallest absolute Gasteiger partial charge is 0.293 e. The molecule has 0 spiro atoms. The topological polar surface area (TPSA) is 65.1 Å². The molecule has 94 valence electrons. The first-order valence-electron chi connectivity index (χ1n) is 5.81. The third-order valence-electron chi connectivity index (χ3n) is 2.89. The summed E-state index contributed by atoms with van der Waals surface area (Å²) < 4.78 is 1.84. The number of aryl methyl sites for hydroxylation is 1. The molecule has 5 heteroatoms. The predicted molar refractivity (Wildman–Crippen MR) is 68.5 cm³/mol. The molecule has 18 heavy (non-hydrogen) atoms. The monoisotopic (exact) mass is 246 g/mol. The molecule has 1 heterocycles. The number of Topliss-reactive ketones (excluding diaryl/α,β-unsaturated/α-hetero) is 1. The van der Waals surface area contributed by atoms with E-state index in [0.29, 0.717) is 24.9 Å². The van der Waals surface area contributed by atoms with Gasteiger partial charge >= 0.3 is 0 Å². The lowest BCUT2D eigenvalue weighted by atomic mass is 10.2. The van der Waals surface area contributed by atoms with Crippen molar-refractivity contribution in [3.05, 3.63) is 40.6 Å². The Labute approximate surface area is 104 Å². The summed E-state index contributed by atoms with van der Waals surface area (Å²) >= 11 is 0. The molecular formula is C13H14N2O3. The molecule has 0 aliphatic rings. The second kappa shape index (κ2) is 5.00. The Balaban J connectivity index is 2.33. The highest BCUT2D eigenvalue weighted by atomic mass is 16.6. The Morgan fingerprint density at radius 1 is 1.39 bits per heavy atom. The summed E-state index contributed by atoms with van der Waals surface area (Å²) in [5.74, 6) is 0.140. The molecule has 0 amide bonds. The van der Waals surface area contributed by atoms with E-state index in [1.165, 1.54) is 6.07 Å². The highest BCUT2D eigenvalue weighted by Gasteiger charge is 2.14. The number of aromatic nitrogens is 1. The fourth-order valence-corrected chi connectivity index (χ4v) is 2.07. The van der Waals surface area contributed by atoms with Crippen molar-refractivity contribution in [2.24, 2.45) is 0 Å². The molecule has 0 bridgehead atoms. The zero-order valence-corrected chi connectivity index (χ0v) is 10.1. The maximum absolute atomic E-state index is 11.0. The van der Waals surface area contributed by atoms with Crippen molar-refractivity contribution in [3.8, 4) is 0 Å². The van der Waals surface area contributed by atoms with Crippen LogP contribution in [0, 0.1) is 10.1 Å². The van der Waals surface area contributed by atoms with Gasteiger partial charge < -0.3 is 9.36 Å². The molecule has 0 saturated heterocycles. The van der Waals surface area contributed by atoms with Gasteiger partial charge in [-0.15, -0.1) is 0 Å². The minimum Gasteiger partial charge on any atom is -0.342 e. The third-order valence-corrected chi connectivity index (χ3v) is 2.89. The van der Waals surface area contributed by atoms with E-state index in [0.717, 1.165) is 5.39 Å². The second-order valence-electron chi connectivity index (χ2n) is 4.29. The van der Waals surface area contributed by atoms with Gasteiger partial charge in [0.2, 0.25) is 0 Å². The van der Waals surface area contributed by atoms with Crippen molar-refractivity contribution in [3.63, 3.8) is 0 Å². The Kier molecular flexibility index (Phi) is 3.41. The molecule has 2 rings (SSSR count). The zero-order valence-electron chi connectivity index (χ0n) is 10.1. The summed E-state index contributed by atoms with van der Waals surface area (Å²) in [6.07, 6.45) is 3.03. The molecule has 2 aromatic rings. The summed E-state index contributed by atoms with van der Waals surface area (Å²) in [5.41, 5.74) is 0.742. The predicted octanol–water partition coefficient (Wildman–Crippen LogP) is 2.92. The first-order chi connectivity index (χ1) is 8.59. The zero-order chi connectivity index (χ0) is 13.1. The van der Waals surface area contributed by atoms with Gasteiger partial charge in [0.1, 0.15) is 11.3 Å². The number of carbonyl (C=O) groups excluding carboxylic acids is 1. The molecule has 1 aromatic carbocycles. The number of nitro benzene ring substituents is 1. The standard InChI is InChI=1S/C13H14N2O3/c1-10(16)4-3-8-14-9-7-11-5-2-6-12(13(11)14)15(17)18/h2,5-7,9H,3-4,8H2,1H3. The number of rotatable bonds is 5. The number of hydrogen-bond acceptors (Lipinski definition) is 3. The molecule has 0 aliphatic carbocycles. The molecular weight excluding hydrogens is 232 g/mol. The minimum atomic E-state index is -0.371. The van der Waals surface area contributed by atoms with Crippen LogP contribution in [0.1, 0.15) is 19.8 Å². The van der Waals surface area contributed by atoms with Crippen LogP contribution in [0.15, 0.2) is 30.5 Å². The highest BCUT2D eigenvalue weighted by Crippen LogP contribution is 2.26. The van der Waals surface area contributed by atoms with Crippen LogP contribution in [-0.2, 0) is 11.3 Å². The van der Waals surface area contributed by atoms with Gasteiger partial charge in [0.05, 0.1) is 4.92 Å². The molecule has 0 unspecified atom stereocenters. The van der Waals surface area contributed by atoms with Crippen LogP contribution >= 0.6 is 0 Å². The fraction of sp³-hybridized carbons (Fsp3) is 0.308. The largest absolute Gasteiger partial charge is 0.342 e. The van der Waals surface area contributed by atoms with E-state index in [4.69, 9.17) is 0 Å². The number of ketones is 1. The Hall–Kier alpha value is -2.17. The quantitative estimate of drug-likeness (QED) is 0.601. The van der Waals surface area contributed by atoms with Crippen molar-refractivity contribution in [2.75, 3.05) is 0 Å². The summed E-state index contributed by atoms with van der Waals surface area (Å²) in [5, 5.41) is 11.8. The first-order valence-corrected chi connectivity index (χ1v) is 5.81. The van der Waals surface area contributed by atoms with Crippen molar-refractivity contribution in [1.29, 1.82) is 0 Å². The Morgan fingerprint density at radius 2 is 2.17 bits per heavy atom. The van der Waals surface area contributed by atoms with Gasteiger partial charge in [0, 0.05) is 30.6 Å². The van der Waals surface area contributed by atoms with Gasteiger partial charge in [-0.3, -0.25) is 10.1 Å². The lowest BCUT2D eigenvalue weighted by Crippen LogP contribution is -2.01. The first kappa shape index (κ1) is 12.3. The molecule has 0 atom stereocenters. The summed E-state index contributed by atoms with van der Waals surface area (Å²) in [6, 6.07) is 6.89. The van der Waals surface area contributed by atoms with Gasteiger partial charge in [-0.25, -0.2) is 0 Å². The van der Waals surface area contributed by atoms with Crippen LogP contribution in [0.4, 0.5) is 5.69 Å². The van der Waals surface area contributed by atoms with Gasteiger partial charge in [-0.05, 0) is 19.4 Å². The van der Waals surface area contributed by atoms with Crippen LogP contribution in [-0.4, -0.2) is 15.3 Å². The number of hydrogen-bond donors (Lipinski definition) is 0.